The summed E-state index contributed by atoms with van der Waals surface area (Å²) in [6.45, 7) is 3.74. The van der Waals surface area contributed by atoms with Crippen molar-refractivity contribution in [3.63, 3.8) is 0 Å². The van der Waals surface area contributed by atoms with Crippen LogP contribution in [0.15, 0.2) is 30.0 Å². The third kappa shape index (κ3) is 2.50. The second kappa shape index (κ2) is 5.34. The number of nitrogens with one attached hydrogen (secondary N) is 2. The maximum absolute atomic E-state index is 13.0. The van der Waals surface area contributed by atoms with Gasteiger partial charge in [-0.2, -0.15) is 5.10 Å². The van der Waals surface area contributed by atoms with Gasteiger partial charge in [0.25, 0.3) is 5.91 Å². The molecule has 1 saturated heterocycles. The van der Waals surface area contributed by atoms with Gasteiger partial charge >= 0.3 is 0 Å². The van der Waals surface area contributed by atoms with Gasteiger partial charge in [0.05, 0.1) is 11.4 Å². The zero-order valence-corrected chi connectivity index (χ0v) is 12.8. The maximum atomic E-state index is 13.0. The minimum atomic E-state index is -0.298. The first-order valence-corrected chi connectivity index (χ1v) is 7.03. The average molecular weight is 316 g/mol. The summed E-state index contributed by atoms with van der Waals surface area (Å²) in [5.74, 6) is -0.564. The molecule has 1 fully saturated rings. The monoisotopic (exact) mass is 316 g/mol. The number of aromatic nitrogens is 2. The van der Waals surface area contributed by atoms with Gasteiger partial charge in [0.1, 0.15) is 11.5 Å². The highest BCUT2D eigenvalue weighted by atomic mass is 32.1. The number of rotatable bonds is 2. The van der Waals surface area contributed by atoms with Crippen LogP contribution in [0.2, 0.25) is 0 Å². The fraction of sp³-hybridized carbons (Fsp3) is 0.133. The Labute approximate surface area is 131 Å². The SMILES string of the molecule is Cc1nn(-c2ccc(F)cc2)c(C)c1/C=C1\NC(=S)NC1=O. The number of hydrogen-bond acceptors (Lipinski definition) is 3. The molecule has 0 radical (unpaired) electrons. The molecule has 0 bridgehead atoms. The lowest BCUT2D eigenvalue weighted by atomic mass is 10.1. The highest BCUT2D eigenvalue weighted by Gasteiger charge is 2.21. The van der Waals surface area contributed by atoms with E-state index in [2.05, 4.69) is 15.7 Å². The Morgan fingerprint density at radius 1 is 1.23 bits per heavy atom. The van der Waals surface area contributed by atoms with E-state index < -0.39 is 0 Å². The fourth-order valence-electron chi connectivity index (χ4n) is 2.32. The summed E-state index contributed by atoms with van der Waals surface area (Å²) < 4.78 is 14.7. The Morgan fingerprint density at radius 3 is 2.50 bits per heavy atom. The lowest BCUT2D eigenvalue weighted by Gasteiger charge is -2.04. The molecule has 7 heteroatoms. The largest absolute Gasteiger partial charge is 0.328 e. The summed E-state index contributed by atoms with van der Waals surface area (Å²) in [5, 5.41) is 10.1. The van der Waals surface area contributed by atoms with Crippen molar-refractivity contribution in [3.8, 4) is 5.69 Å². The first kappa shape index (κ1) is 14.4. The summed E-state index contributed by atoms with van der Waals surface area (Å²) in [6, 6.07) is 6.07. The summed E-state index contributed by atoms with van der Waals surface area (Å²) in [5.41, 5.74) is 3.58. The van der Waals surface area contributed by atoms with E-state index in [1.54, 1.807) is 22.9 Å². The minimum absolute atomic E-state index is 0.265. The average Bonchev–Trinajstić information content (AvgIpc) is 2.93. The number of nitrogens with zero attached hydrogens (tertiary/aromatic N) is 2. The topological polar surface area (TPSA) is 59.0 Å². The van der Waals surface area contributed by atoms with Crippen molar-refractivity contribution in [1.82, 2.24) is 20.4 Å². The number of hydrogen-bond donors (Lipinski definition) is 2. The molecule has 1 aliphatic heterocycles. The molecule has 22 heavy (non-hydrogen) atoms. The first-order chi connectivity index (χ1) is 10.5. The van der Waals surface area contributed by atoms with Crippen molar-refractivity contribution in [2.75, 3.05) is 0 Å². The predicted octanol–water partition coefficient (Wildman–Crippen LogP) is 1.97. The summed E-state index contributed by atoms with van der Waals surface area (Å²) >= 11 is 4.91. The molecule has 1 amide bonds. The molecule has 2 N–H and O–H groups in total. The zero-order valence-electron chi connectivity index (χ0n) is 12.0. The zero-order chi connectivity index (χ0) is 15.9. The van der Waals surface area contributed by atoms with Gasteiger partial charge in [-0.15, -0.1) is 0 Å². The Kier molecular flexibility index (Phi) is 3.50. The molecule has 0 spiro atoms. The second-order valence-electron chi connectivity index (χ2n) is 4.94. The number of thiocarbonyl (C=S) groups is 1. The molecular weight excluding hydrogens is 303 g/mol. The molecule has 1 aromatic heterocycles. The van der Waals surface area contributed by atoms with Gasteiger partial charge in [-0.25, -0.2) is 9.07 Å². The quantitative estimate of drug-likeness (QED) is 0.657. The third-order valence-electron chi connectivity index (χ3n) is 3.43. The number of aryl methyl sites for hydroxylation is 1. The molecule has 5 nitrogen and oxygen atoms in total. The van der Waals surface area contributed by atoms with Gasteiger partial charge < -0.3 is 5.32 Å². The van der Waals surface area contributed by atoms with Crippen LogP contribution < -0.4 is 10.6 Å². The molecule has 2 aromatic rings. The number of carbonyl (C=O) groups is 1. The van der Waals surface area contributed by atoms with Crippen molar-refractivity contribution in [2.45, 2.75) is 13.8 Å². The van der Waals surface area contributed by atoms with E-state index in [1.807, 2.05) is 13.8 Å². The highest BCUT2D eigenvalue weighted by Crippen LogP contribution is 2.21. The van der Waals surface area contributed by atoms with Crippen LogP contribution in [-0.2, 0) is 4.79 Å². The standard InChI is InChI=1S/C15H13FN4OS/c1-8-12(7-13-14(21)18-15(22)17-13)9(2)20(19-8)11-5-3-10(16)4-6-11/h3-7H,1-2H3,(H2,17,18,21,22)/b13-7-. The number of halogens is 1. The highest BCUT2D eigenvalue weighted by molar-refractivity contribution is 7.80. The first-order valence-electron chi connectivity index (χ1n) is 6.62. The lowest BCUT2D eigenvalue weighted by Crippen LogP contribution is -2.21. The number of amides is 1. The summed E-state index contributed by atoms with van der Waals surface area (Å²) in [4.78, 5) is 11.7. The van der Waals surface area contributed by atoms with Crippen molar-refractivity contribution in [2.24, 2.45) is 0 Å². The lowest BCUT2D eigenvalue weighted by molar-refractivity contribution is -0.115. The molecule has 3 rings (SSSR count). The van der Waals surface area contributed by atoms with Gasteiger partial charge in [0.2, 0.25) is 0 Å². The van der Waals surface area contributed by atoms with Crippen molar-refractivity contribution in [1.29, 1.82) is 0 Å². The van der Waals surface area contributed by atoms with Crippen LogP contribution in [0, 0.1) is 19.7 Å². The smallest absolute Gasteiger partial charge is 0.273 e. The summed E-state index contributed by atoms with van der Waals surface area (Å²) in [6.07, 6.45) is 1.71. The normalized spacial score (nSPS) is 16.0. The van der Waals surface area contributed by atoms with E-state index in [0.29, 0.717) is 5.70 Å². The third-order valence-corrected chi connectivity index (χ3v) is 3.63. The number of carbonyl (C=O) groups excluding carboxylic acids is 1. The predicted molar refractivity (Wildman–Crippen MR) is 84.8 cm³/mol. The van der Waals surface area contributed by atoms with E-state index in [-0.39, 0.29) is 16.8 Å². The van der Waals surface area contributed by atoms with Crippen LogP contribution in [0.5, 0.6) is 0 Å². The second-order valence-corrected chi connectivity index (χ2v) is 5.35. The van der Waals surface area contributed by atoms with E-state index in [4.69, 9.17) is 12.2 Å². The molecule has 1 aliphatic rings. The molecule has 0 unspecified atom stereocenters. The minimum Gasteiger partial charge on any atom is -0.328 e. The Hall–Kier alpha value is -2.54. The van der Waals surface area contributed by atoms with Gasteiger partial charge in [-0.3, -0.25) is 10.1 Å². The van der Waals surface area contributed by atoms with Crippen molar-refractivity contribution < 1.29 is 9.18 Å². The number of benzene rings is 1. The van der Waals surface area contributed by atoms with Crippen LogP contribution in [-0.4, -0.2) is 20.8 Å². The molecule has 1 aromatic carbocycles. The Morgan fingerprint density at radius 2 is 1.91 bits per heavy atom. The van der Waals surface area contributed by atoms with E-state index >= 15 is 0 Å². The van der Waals surface area contributed by atoms with Crippen LogP contribution in [0.4, 0.5) is 4.39 Å². The van der Waals surface area contributed by atoms with E-state index in [1.165, 1.54) is 12.1 Å². The van der Waals surface area contributed by atoms with Gasteiger partial charge in [-0.1, -0.05) is 0 Å². The van der Waals surface area contributed by atoms with Crippen molar-refractivity contribution >= 4 is 29.3 Å². The molecule has 0 atom stereocenters. The van der Waals surface area contributed by atoms with Gasteiger partial charge in [-0.05, 0) is 56.4 Å². The van der Waals surface area contributed by atoms with Crippen LogP contribution >= 0.6 is 12.2 Å². The molecule has 0 aliphatic carbocycles. The molecule has 0 saturated carbocycles. The van der Waals surface area contributed by atoms with Crippen LogP contribution in [0.3, 0.4) is 0 Å². The van der Waals surface area contributed by atoms with Crippen LogP contribution in [0.25, 0.3) is 11.8 Å². The maximum Gasteiger partial charge on any atom is 0.273 e. The van der Waals surface area contributed by atoms with E-state index in [9.17, 15) is 9.18 Å². The van der Waals surface area contributed by atoms with Crippen LogP contribution in [0.1, 0.15) is 17.0 Å². The Balaban J connectivity index is 2.04. The summed E-state index contributed by atoms with van der Waals surface area (Å²) in [7, 11) is 0. The van der Waals surface area contributed by atoms with Gasteiger partial charge in [0, 0.05) is 11.3 Å². The molecule has 112 valence electrons. The molecule has 2 heterocycles. The fourth-order valence-corrected chi connectivity index (χ4v) is 2.53. The van der Waals surface area contributed by atoms with E-state index in [0.717, 1.165) is 22.6 Å². The Bertz CT molecular complexity index is 808. The molecular formula is C15H13FN4OS. The van der Waals surface area contributed by atoms with Gasteiger partial charge in [0.15, 0.2) is 5.11 Å². The van der Waals surface area contributed by atoms with Crippen molar-refractivity contribution in [3.05, 3.63) is 52.7 Å².